The SMILES string of the molecule is Nc1ncccc1C(=O)NCCC(=O)NC1CC1. The first-order chi connectivity index (χ1) is 8.66. The van der Waals surface area contributed by atoms with Crippen LogP contribution in [0.4, 0.5) is 5.82 Å². The van der Waals surface area contributed by atoms with Crippen LogP contribution in [-0.4, -0.2) is 29.4 Å². The normalized spacial score (nSPS) is 14.0. The predicted molar refractivity (Wildman–Crippen MR) is 66.8 cm³/mol. The average Bonchev–Trinajstić information content (AvgIpc) is 3.13. The van der Waals surface area contributed by atoms with Crippen molar-refractivity contribution >= 4 is 17.6 Å². The van der Waals surface area contributed by atoms with E-state index in [1.807, 2.05) is 0 Å². The minimum Gasteiger partial charge on any atom is -0.383 e. The number of amides is 2. The zero-order chi connectivity index (χ0) is 13.0. The van der Waals surface area contributed by atoms with Crippen LogP contribution in [0.5, 0.6) is 0 Å². The molecule has 0 aromatic carbocycles. The Kier molecular flexibility index (Phi) is 3.76. The van der Waals surface area contributed by atoms with Crippen LogP contribution < -0.4 is 16.4 Å². The van der Waals surface area contributed by atoms with Crippen LogP contribution in [0.15, 0.2) is 18.3 Å². The molecule has 2 amide bonds. The monoisotopic (exact) mass is 248 g/mol. The van der Waals surface area contributed by atoms with Crippen LogP contribution >= 0.6 is 0 Å². The molecule has 0 spiro atoms. The highest BCUT2D eigenvalue weighted by atomic mass is 16.2. The van der Waals surface area contributed by atoms with Crippen molar-refractivity contribution in [2.45, 2.75) is 25.3 Å². The van der Waals surface area contributed by atoms with Crippen molar-refractivity contribution in [2.24, 2.45) is 0 Å². The number of carbonyl (C=O) groups is 2. The van der Waals surface area contributed by atoms with Gasteiger partial charge in [0.25, 0.3) is 5.91 Å². The minimum atomic E-state index is -0.306. The second-order valence-electron chi connectivity index (χ2n) is 4.28. The average molecular weight is 248 g/mol. The molecule has 0 aliphatic heterocycles. The number of hydrogen-bond acceptors (Lipinski definition) is 4. The van der Waals surface area contributed by atoms with E-state index in [2.05, 4.69) is 15.6 Å². The quantitative estimate of drug-likeness (QED) is 0.686. The maximum Gasteiger partial charge on any atom is 0.255 e. The number of nitrogens with one attached hydrogen (secondary N) is 2. The Morgan fingerprint density at radius 2 is 2.22 bits per heavy atom. The van der Waals surface area contributed by atoms with Gasteiger partial charge in [-0.1, -0.05) is 0 Å². The first kappa shape index (κ1) is 12.3. The summed E-state index contributed by atoms with van der Waals surface area (Å²) in [5.41, 5.74) is 5.91. The van der Waals surface area contributed by atoms with Gasteiger partial charge in [-0.15, -0.1) is 0 Å². The van der Waals surface area contributed by atoms with Crippen LogP contribution in [0.25, 0.3) is 0 Å². The molecule has 18 heavy (non-hydrogen) atoms. The molecule has 6 nitrogen and oxygen atoms in total. The zero-order valence-corrected chi connectivity index (χ0v) is 9.98. The number of anilines is 1. The van der Waals surface area contributed by atoms with Crippen molar-refractivity contribution < 1.29 is 9.59 Å². The topological polar surface area (TPSA) is 97.1 Å². The number of rotatable bonds is 5. The van der Waals surface area contributed by atoms with Crippen molar-refractivity contribution in [2.75, 3.05) is 12.3 Å². The first-order valence-electron chi connectivity index (χ1n) is 5.95. The van der Waals surface area contributed by atoms with Crippen molar-refractivity contribution in [3.05, 3.63) is 23.9 Å². The van der Waals surface area contributed by atoms with Crippen molar-refractivity contribution in [1.82, 2.24) is 15.6 Å². The predicted octanol–water partition coefficient (Wildman–Crippen LogP) is 0.0623. The molecular weight excluding hydrogens is 232 g/mol. The molecule has 96 valence electrons. The van der Waals surface area contributed by atoms with Gasteiger partial charge in [0.05, 0.1) is 5.56 Å². The fourth-order valence-electron chi connectivity index (χ4n) is 1.52. The fraction of sp³-hybridized carbons (Fsp3) is 0.417. The van der Waals surface area contributed by atoms with Gasteiger partial charge in [0, 0.05) is 25.2 Å². The molecule has 6 heteroatoms. The van der Waals surface area contributed by atoms with E-state index >= 15 is 0 Å². The van der Waals surface area contributed by atoms with Crippen molar-refractivity contribution in [3.8, 4) is 0 Å². The van der Waals surface area contributed by atoms with Crippen molar-refractivity contribution in [3.63, 3.8) is 0 Å². The molecule has 4 N–H and O–H groups in total. The molecule has 1 fully saturated rings. The molecule has 0 saturated heterocycles. The molecule has 1 aliphatic carbocycles. The lowest BCUT2D eigenvalue weighted by molar-refractivity contribution is -0.121. The van der Waals surface area contributed by atoms with Gasteiger partial charge in [-0.2, -0.15) is 0 Å². The number of aromatic nitrogens is 1. The molecule has 0 unspecified atom stereocenters. The summed E-state index contributed by atoms with van der Waals surface area (Å²) in [6.07, 6.45) is 3.92. The van der Waals surface area contributed by atoms with Crippen LogP contribution in [0.3, 0.4) is 0 Å². The number of pyridine rings is 1. The first-order valence-corrected chi connectivity index (χ1v) is 5.95. The highest BCUT2D eigenvalue weighted by molar-refractivity contribution is 5.98. The summed E-state index contributed by atoms with van der Waals surface area (Å²) < 4.78 is 0. The molecule has 2 rings (SSSR count). The number of hydrogen-bond donors (Lipinski definition) is 3. The van der Waals surface area contributed by atoms with Crippen LogP contribution in [-0.2, 0) is 4.79 Å². The summed E-state index contributed by atoms with van der Waals surface area (Å²) in [4.78, 5) is 26.9. The molecule has 0 radical (unpaired) electrons. The Labute approximate surface area is 105 Å². The third-order valence-electron chi connectivity index (χ3n) is 2.66. The lowest BCUT2D eigenvalue weighted by Gasteiger charge is -2.07. The van der Waals surface area contributed by atoms with E-state index in [0.29, 0.717) is 18.2 Å². The van der Waals surface area contributed by atoms with E-state index in [1.165, 1.54) is 6.20 Å². The minimum absolute atomic E-state index is 0.0306. The van der Waals surface area contributed by atoms with Gasteiger partial charge in [0.15, 0.2) is 0 Å². The van der Waals surface area contributed by atoms with E-state index in [1.54, 1.807) is 12.1 Å². The van der Waals surface area contributed by atoms with Gasteiger partial charge in [0.1, 0.15) is 5.82 Å². The molecule has 1 heterocycles. The van der Waals surface area contributed by atoms with Crippen LogP contribution in [0.2, 0.25) is 0 Å². The van der Waals surface area contributed by atoms with E-state index in [9.17, 15) is 9.59 Å². The smallest absolute Gasteiger partial charge is 0.255 e. The molecule has 1 saturated carbocycles. The summed E-state index contributed by atoms with van der Waals surface area (Å²) >= 11 is 0. The number of nitrogen functional groups attached to an aromatic ring is 1. The van der Waals surface area contributed by atoms with E-state index in [4.69, 9.17) is 5.73 Å². The molecule has 0 atom stereocenters. The van der Waals surface area contributed by atoms with E-state index in [-0.39, 0.29) is 24.1 Å². The Morgan fingerprint density at radius 1 is 1.44 bits per heavy atom. The Balaban J connectivity index is 1.74. The molecule has 1 aromatic heterocycles. The van der Waals surface area contributed by atoms with Gasteiger partial charge in [-0.3, -0.25) is 9.59 Å². The summed E-state index contributed by atoms with van der Waals surface area (Å²) in [5.74, 6) is -0.144. The van der Waals surface area contributed by atoms with E-state index < -0.39 is 0 Å². The third-order valence-corrected chi connectivity index (χ3v) is 2.66. The molecule has 0 bridgehead atoms. The maximum absolute atomic E-state index is 11.7. The highest BCUT2D eigenvalue weighted by Gasteiger charge is 2.22. The lowest BCUT2D eigenvalue weighted by Crippen LogP contribution is -2.32. The Hall–Kier alpha value is -2.11. The largest absolute Gasteiger partial charge is 0.383 e. The lowest BCUT2D eigenvalue weighted by atomic mass is 10.2. The highest BCUT2D eigenvalue weighted by Crippen LogP contribution is 2.18. The number of nitrogens with zero attached hydrogens (tertiary/aromatic N) is 1. The van der Waals surface area contributed by atoms with Gasteiger partial charge < -0.3 is 16.4 Å². The summed E-state index contributed by atoms with van der Waals surface area (Å²) in [6.45, 7) is 0.297. The van der Waals surface area contributed by atoms with Crippen LogP contribution in [0.1, 0.15) is 29.6 Å². The Bertz CT molecular complexity index is 457. The van der Waals surface area contributed by atoms with Gasteiger partial charge in [-0.05, 0) is 25.0 Å². The summed E-state index contributed by atoms with van der Waals surface area (Å²) in [6, 6.07) is 3.59. The molecule has 1 aromatic rings. The Morgan fingerprint density at radius 3 is 2.89 bits per heavy atom. The number of carbonyl (C=O) groups excluding carboxylic acids is 2. The second-order valence-corrected chi connectivity index (χ2v) is 4.28. The second kappa shape index (κ2) is 5.48. The summed E-state index contributed by atoms with van der Waals surface area (Å²) in [5, 5.41) is 5.50. The van der Waals surface area contributed by atoms with Gasteiger partial charge in [0.2, 0.25) is 5.91 Å². The van der Waals surface area contributed by atoms with E-state index in [0.717, 1.165) is 12.8 Å². The molecular formula is C12H16N4O2. The van der Waals surface area contributed by atoms with Crippen LogP contribution in [0, 0.1) is 0 Å². The summed E-state index contributed by atoms with van der Waals surface area (Å²) in [7, 11) is 0. The van der Waals surface area contributed by atoms with Gasteiger partial charge >= 0.3 is 0 Å². The van der Waals surface area contributed by atoms with Crippen molar-refractivity contribution in [1.29, 1.82) is 0 Å². The molecule has 1 aliphatic rings. The standard InChI is InChI=1S/C12H16N4O2/c13-11-9(2-1-6-14-11)12(18)15-7-5-10(17)16-8-3-4-8/h1-2,6,8H,3-5,7H2,(H2,13,14)(H,15,18)(H,16,17). The number of nitrogens with two attached hydrogens (primary N) is 1. The third kappa shape index (κ3) is 3.44. The zero-order valence-electron chi connectivity index (χ0n) is 9.98. The fourth-order valence-corrected chi connectivity index (χ4v) is 1.52. The van der Waals surface area contributed by atoms with Gasteiger partial charge in [-0.25, -0.2) is 4.98 Å². The maximum atomic E-state index is 11.7.